The Bertz CT molecular complexity index is 843. The third-order valence-corrected chi connectivity index (χ3v) is 5.26. The van der Waals surface area contributed by atoms with Gasteiger partial charge in [-0.25, -0.2) is 0 Å². The maximum absolute atomic E-state index is 12.7. The van der Waals surface area contributed by atoms with Crippen LogP contribution in [-0.4, -0.2) is 30.0 Å². The second-order valence-corrected chi connectivity index (χ2v) is 8.16. The summed E-state index contributed by atoms with van der Waals surface area (Å²) in [7, 11) is 0. The van der Waals surface area contributed by atoms with Crippen molar-refractivity contribution in [2.24, 2.45) is 0 Å². The summed E-state index contributed by atoms with van der Waals surface area (Å²) in [4.78, 5) is 25.3. The highest BCUT2D eigenvalue weighted by atomic mass is 79.9. The summed E-state index contributed by atoms with van der Waals surface area (Å²) in [5.74, 6) is -0.0117. The second kappa shape index (κ2) is 9.43. The molecule has 1 saturated carbocycles. The molecule has 0 aliphatic heterocycles. The summed E-state index contributed by atoms with van der Waals surface area (Å²) in [6.07, 6.45) is 1.62. The highest BCUT2D eigenvalue weighted by Crippen LogP contribution is 2.28. The lowest BCUT2D eigenvalue weighted by Crippen LogP contribution is -2.51. The highest BCUT2D eigenvalue weighted by molar-refractivity contribution is 9.10. The number of ether oxygens (including phenoxy) is 1. The number of halogens is 2. The number of rotatable bonds is 8. The fraction of sp³-hybridized carbons (Fsp3) is 0.333. The highest BCUT2D eigenvalue weighted by Gasteiger charge is 2.30. The fourth-order valence-corrected chi connectivity index (χ4v) is 3.47. The lowest BCUT2D eigenvalue weighted by Gasteiger charge is -2.22. The number of amides is 2. The van der Waals surface area contributed by atoms with Crippen LogP contribution < -0.4 is 15.4 Å². The smallest absolute Gasteiger partial charge is 0.261 e. The predicted molar refractivity (Wildman–Crippen MR) is 112 cm³/mol. The Kier molecular flexibility index (Phi) is 6.97. The van der Waals surface area contributed by atoms with Gasteiger partial charge in [-0.3, -0.25) is 9.59 Å². The molecule has 3 rings (SSSR count). The Morgan fingerprint density at radius 3 is 2.54 bits per heavy atom. The van der Waals surface area contributed by atoms with Crippen molar-refractivity contribution in [3.8, 4) is 5.75 Å². The van der Waals surface area contributed by atoms with E-state index < -0.39 is 12.1 Å². The van der Waals surface area contributed by atoms with Crippen molar-refractivity contribution < 1.29 is 14.3 Å². The summed E-state index contributed by atoms with van der Waals surface area (Å²) in [6.45, 7) is 1.65. The Morgan fingerprint density at radius 2 is 1.89 bits per heavy atom. The molecule has 0 aromatic heterocycles. The van der Waals surface area contributed by atoms with Crippen LogP contribution in [0.2, 0.25) is 5.02 Å². The second-order valence-electron chi connectivity index (χ2n) is 6.87. The molecule has 148 valence electrons. The van der Waals surface area contributed by atoms with E-state index in [4.69, 9.17) is 16.3 Å². The normalized spacial score (nSPS) is 15.4. The molecule has 0 heterocycles. The molecule has 7 heteroatoms. The van der Waals surface area contributed by atoms with Gasteiger partial charge in [0, 0.05) is 17.5 Å². The molecule has 0 saturated heterocycles. The Labute approximate surface area is 177 Å². The fourth-order valence-electron chi connectivity index (χ4n) is 2.69. The minimum Gasteiger partial charge on any atom is -0.480 e. The summed E-state index contributed by atoms with van der Waals surface area (Å²) in [5, 5.41) is 6.36. The van der Waals surface area contributed by atoms with Gasteiger partial charge in [-0.05, 0) is 59.5 Å². The first-order valence-corrected chi connectivity index (χ1v) is 10.4. The average Bonchev–Trinajstić information content (AvgIpc) is 3.48. The van der Waals surface area contributed by atoms with Crippen molar-refractivity contribution in [3.05, 3.63) is 63.6 Å². The van der Waals surface area contributed by atoms with Crippen LogP contribution in [0.25, 0.3) is 0 Å². The van der Waals surface area contributed by atoms with Gasteiger partial charge in [0.1, 0.15) is 11.8 Å². The average molecular weight is 466 g/mol. The zero-order chi connectivity index (χ0) is 20.1. The van der Waals surface area contributed by atoms with Crippen LogP contribution in [0.1, 0.15) is 25.3 Å². The molecule has 2 atom stereocenters. The SMILES string of the molecule is CC(Oc1ccc(Cl)cc1Br)C(=O)NC(Cc1ccccc1)C(=O)NC1CC1. The zero-order valence-corrected chi connectivity index (χ0v) is 17.8. The number of nitrogens with one attached hydrogen (secondary N) is 2. The first kappa shape index (κ1) is 20.7. The molecule has 2 aromatic rings. The summed E-state index contributed by atoms with van der Waals surface area (Å²) >= 11 is 9.31. The van der Waals surface area contributed by atoms with Crippen LogP contribution in [0.5, 0.6) is 5.75 Å². The number of hydrogen-bond donors (Lipinski definition) is 2. The lowest BCUT2D eigenvalue weighted by molar-refractivity contribution is -0.132. The van der Waals surface area contributed by atoms with Gasteiger partial charge in [-0.15, -0.1) is 0 Å². The molecular weight excluding hydrogens is 444 g/mol. The van der Waals surface area contributed by atoms with Gasteiger partial charge in [-0.2, -0.15) is 0 Å². The van der Waals surface area contributed by atoms with E-state index in [-0.39, 0.29) is 17.9 Å². The zero-order valence-electron chi connectivity index (χ0n) is 15.5. The van der Waals surface area contributed by atoms with Crippen molar-refractivity contribution in [3.63, 3.8) is 0 Å². The van der Waals surface area contributed by atoms with E-state index in [0.717, 1.165) is 18.4 Å². The minimum atomic E-state index is -0.774. The van der Waals surface area contributed by atoms with Gasteiger partial charge in [0.15, 0.2) is 6.10 Å². The molecule has 0 radical (unpaired) electrons. The van der Waals surface area contributed by atoms with E-state index in [1.165, 1.54) is 0 Å². The Morgan fingerprint density at radius 1 is 1.18 bits per heavy atom. The molecule has 2 N–H and O–H groups in total. The number of hydrogen-bond acceptors (Lipinski definition) is 3. The van der Waals surface area contributed by atoms with Crippen molar-refractivity contribution in [1.29, 1.82) is 0 Å². The van der Waals surface area contributed by atoms with Crippen LogP contribution in [0.15, 0.2) is 53.0 Å². The largest absolute Gasteiger partial charge is 0.480 e. The topological polar surface area (TPSA) is 67.4 Å². The van der Waals surface area contributed by atoms with Crippen LogP contribution in [0, 0.1) is 0 Å². The molecule has 2 aromatic carbocycles. The number of benzene rings is 2. The summed E-state index contributed by atoms with van der Waals surface area (Å²) < 4.78 is 6.40. The predicted octanol–water partition coefficient (Wildman–Crippen LogP) is 3.88. The maximum Gasteiger partial charge on any atom is 0.261 e. The molecule has 2 amide bonds. The van der Waals surface area contributed by atoms with E-state index in [1.54, 1.807) is 25.1 Å². The summed E-state index contributed by atoms with van der Waals surface area (Å²) in [5.41, 5.74) is 0.979. The molecule has 1 aliphatic carbocycles. The van der Waals surface area contributed by atoms with E-state index in [0.29, 0.717) is 21.7 Å². The third-order valence-electron chi connectivity index (χ3n) is 4.41. The molecule has 5 nitrogen and oxygen atoms in total. The molecule has 1 aliphatic rings. The maximum atomic E-state index is 12.7. The minimum absolute atomic E-state index is 0.167. The van der Waals surface area contributed by atoms with Gasteiger partial charge in [0.25, 0.3) is 5.91 Å². The van der Waals surface area contributed by atoms with Gasteiger partial charge in [0.05, 0.1) is 4.47 Å². The molecule has 0 spiro atoms. The van der Waals surface area contributed by atoms with Crippen LogP contribution in [0.4, 0.5) is 0 Å². The van der Waals surface area contributed by atoms with E-state index in [9.17, 15) is 9.59 Å². The third kappa shape index (κ3) is 5.97. The lowest BCUT2D eigenvalue weighted by atomic mass is 10.0. The van der Waals surface area contributed by atoms with Crippen LogP contribution in [0.3, 0.4) is 0 Å². The van der Waals surface area contributed by atoms with E-state index in [1.807, 2.05) is 30.3 Å². The molecule has 1 fully saturated rings. The van der Waals surface area contributed by atoms with E-state index in [2.05, 4.69) is 26.6 Å². The Hall–Kier alpha value is -2.05. The van der Waals surface area contributed by atoms with Crippen molar-refractivity contribution >= 4 is 39.3 Å². The summed E-state index contributed by atoms with van der Waals surface area (Å²) in [6, 6.07) is 14.3. The van der Waals surface area contributed by atoms with Gasteiger partial charge < -0.3 is 15.4 Å². The van der Waals surface area contributed by atoms with Gasteiger partial charge in [0.2, 0.25) is 5.91 Å². The van der Waals surface area contributed by atoms with Crippen molar-refractivity contribution in [2.75, 3.05) is 0 Å². The molecule has 2 unspecified atom stereocenters. The number of carbonyl (C=O) groups excluding carboxylic acids is 2. The van der Waals surface area contributed by atoms with Crippen molar-refractivity contribution in [1.82, 2.24) is 10.6 Å². The molecular formula is C21H22BrClN2O3. The molecule has 28 heavy (non-hydrogen) atoms. The molecule has 0 bridgehead atoms. The first-order chi connectivity index (χ1) is 13.4. The quantitative estimate of drug-likeness (QED) is 0.622. The Balaban J connectivity index is 1.65. The van der Waals surface area contributed by atoms with Crippen LogP contribution in [-0.2, 0) is 16.0 Å². The van der Waals surface area contributed by atoms with Gasteiger partial charge in [-0.1, -0.05) is 41.9 Å². The number of carbonyl (C=O) groups is 2. The van der Waals surface area contributed by atoms with Crippen LogP contribution >= 0.6 is 27.5 Å². The monoisotopic (exact) mass is 464 g/mol. The van der Waals surface area contributed by atoms with Crippen molar-refractivity contribution in [2.45, 2.75) is 44.4 Å². The van der Waals surface area contributed by atoms with Gasteiger partial charge >= 0.3 is 0 Å². The van der Waals surface area contributed by atoms with E-state index >= 15 is 0 Å². The standard InChI is InChI=1S/C21H22BrClN2O3/c1-13(28-19-10-7-15(23)12-17(19)22)20(26)25-18(21(27)24-16-8-9-16)11-14-5-3-2-4-6-14/h2-7,10,12-13,16,18H,8-9,11H2,1H3,(H,24,27)(H,25,26). The first-order valence-electron chi connectivity index (χ1n) is 9.19.